The van der Waals surface area contributed by atoms with Crippen LogP contribution >= 0.6 is 0 Å². The number of rotatable bonds is 1. The summed E-state index contributed by atoms with van der Waals surface area (Å²) in [6.45, 7) is 4.58. The summed E-state index contributed by atoms with van der Waals surface area (Å²) >= 11 is 0. The average molecular weight is 277 g/mol. The third-order valence-electron chi connectivity index (χ3n) is 5.18. The Morgan fingerprint density at radius 1 is 1.30 bits per heavy atom. The van der Waals surface area contributed by atoms with E-state index in [0.717, 1.165) is 36.7 Å². The minimum Gasteiger partial charge on any atom is -0.487 e. The third kappa shape index (κ3) is 2.44. The van der Waals surface area contributed by atoms with Crippen molar-refractivity contribution in [3.05, 3.63) is 29.6 Å². The van der Waals surface area contributed by atoms with Crippen molar-refractivity contribution >= 4 is 0 Å². The smallest absolute Gasteiger partial charge is 0.127 e. The fourth-order valence-electron chi connectivity index (χ4n) is 3.83. The number of hydrogen-bond donors (Lipinski definition) is 1. The second-order valence-corrected chi connectivity index (χ2v) is 6.86. The summed E-state index contributed by atoms with van der Waals surface area (Å²) in [7, 11) is 0. The number of halogens is 1. The van der Waals surface area contributed by atoms with Gasteiger partial charge in [0.05, 0.1) is 0 Å². The molecule has 1 aromatic carbocycles. The number of nitrogens with two attached hydrogens (primary N) is 1. The van der Waals surface area contributed by atoms with Crippen molar-refractivity contribution in [2.24, 2.45) is 17.6 Å². The zero-order chi connectivity index (χ0) is 14.3. The average Bonchev–Trinajstić information content (AvgIpc) is 2.38. The van der Waals surface area contributed by atoms with Crippen molar-refractivity contribution in [1.82, 2.24) is 0 Å². The van der Waals surface area contributed by atoms with E-state index in [1.165, 1.54) is 25.0 Å². The SMILES string of the molecule is CC(C)C1CCC2(CC1)C[C@H](N)c1ccc(F)cc1O2. The predicted molar refractivity (Wildman–Crippen MR) is 78.1 cm³/mol. The van der Waals surface area contributed by atoms with Crippen LogP contribution in [0, 0.1) is 17.7 Å². The minimum atomic E-state index is -0.246. The summed E-state index contributed by atoms with van der Waals surface area (Å²) in [5.41, 5.74) is 7.08. The topological polar surface area (TPSA) is 35.2 Å². The molecule has 0 amide bonds. The molecule has 1 saturated carbocycles. The molecule has 0 unspecified atom stereocenters. The summed E-state index contributed by atoms with van der Waals surface area (Å²) in [5.74, 6) is 1.93. The Labute approximate surface area is 120 Å². The van der Waals surface area contributed by atoms with E-state index in [4.69, 9.17) is 10.5 Å². The summed E-state index contributed by atoms with van der Waals surface area (Å²) in [6, 6.07) is 4.69. The standard InChI is InChI=1S/C17H24FNO/c1-11(2)12-5-7-17(8-6-12)10-15(19)14-4-3-13(18)9-16(14)20-17/h3-4,9,11-12,15H,5-8,10,19H2,1-2H3/t12?,15-,17?/m0/s1. The summed E-state index contributed by atoms with van der Waals surface area (Å²) < 4.78 is 19.6. The van der Waals surface area contributed by atoms with Crippen molar-refractivity contribution in [3.8, 4) is 5.75 Å². The molecule has 2 nitrogen and oxygen atoms in total. The molecule has 1 heterocycles. The van der Waals surface area contributed by atoms with Crippen LogP contribution in [0.3, 0.4) is 0 Å². The molecule has 0 aromatic heterocycles. The molecule has 3 rings (SSSR count). The highest BCUT2D eigenvalue weighted by Crippen LogP contribution is 2.47. The molecule has 0 bridgehead atoms. The van der Waals surface area contributed by atoms with Gasteiger partial charge < -0.3 is 10.5 Å². The van der Waals surface area contributed by atoms with Crippen molar-refractivity contribution in [1.29, 1.82) is 0 Å². The predicted octanol–water partition coefficient (Wildman–Crippen LogP) is 4.19. The number of benzene rings is 1. The molecule has 2 aliphatic rings. The molecule has 1 aromatic rings. The second-order valence-electron chi connectivity index (χ2n) is 6.86. The van der Waals surface area contributed by atoms with E-state index < -0.39 is 0 Å². The monoisotopic (exact) mass is 277 g/mol. The van der Waals surface area contributed by atoms with Gasteiger partial charge in [0.15, 0.2) is 0 Å². The molecule has 1 fully saturated rings. The highest BCUT2D eigenvalue weighted by molar-refractivity contribution is 5.39. The van der Waals surface area contributed by atoms with E-state index >= 15 is 0 Å². The van der Waals surface area contributed by atoms with Crippen molar-refractivity contribution < 1.29 is 9.13 Å². The van der Waals surface area contributed by atoms with Gasteiger partial charge in [-0.05, 0) is 43.6 Å². The quantitative estimate of drug-likeness (QED) is 0.835. The normalized spacial score (nSPS) is 33.0. The maximum absolute atomic E-state index is 13.4. The van der Waals surface area contributed by atoms with Crippen LogP contribution < -0.4 is 10.5 Å². The van der Waals surface area contributed by atoms with Crippen LogP contribution in [0.4, 0.5) is 4.39 Å². The summed E-state index contributed by atoms with van der Waals surface area (Å²) in [5, 5.41) is 0. The number of ether oxygens (including phenoxy) is 1. The summed E-state index contributed by atoms with van der Waals surface area (Å²) in [4.78, 5) is 0. The van der Waals surface area contributed by atoms with Crippen molar-refractivity contribution in [2.75, 3.05) is 0 Å². The molecule has 1 aliphatic carbocycles. The van der Waals surface area contributed by atoms with Crippen LogP contribution in [-0.2, 0) is 0 Å². The van der Waals surface area contributed by atoms with Gasteiger partial charge >= 0.3 is 0 Å². The van der Waals surface area contributed by atoms with Crippen LogP contribution in [0.2, 0.25) is 0 Å². The maximum Gasteiger partial charge on any atom is 0.127 e. The van der Waals surface area contributed by atoms with Crippen molar-refractivity contribution in [3.63, 3.8) is 0 Å². The van der Waals surface area contributed by atoms with Crippen LogP contribution in [0.15, 0.2) is 18.2 Å². The molecular formula is C17H24FNO. The van der Waals surface area contributed by atoms with Gasteiger partial charge in [0.2, 0.25) is 0 Å². The highest BCUT2D eigenvalue weighted by atomic mass is 19.1. The van der Waals surface area contributed by atoms with Gasteiger partial charge in [-0.2, -0.15) is 0 Å². The zero-order valence-electron chi connectivity index (χ0n) is 12.4. The molecular weight excluding hydrogens is 253 g/mol. The lowest BCUT2D eigenvalue weighted by Gasteiger charge is -2.46. The van der Waals surface area contributed by atoms with Gasteiger partial charge in [0, 0.05) is 24.1 Å². The lowest BCUT2D eigenvalue weighted by molar-refractivity contribution is -0.0162. The molecule has 20 heavy (non-hydrogen) atoms. The Morgan fingerprint density at radius 3 is 2.65 bits per heavy atom. The summed E-state index contributed by atoms with van der Waals surface area (Å²) in [6.07, 6.45) is 5.32. The van der Waals surface area contributed by atoms with Gasteiger partial charge in [-0.15, -0.1) is 0 Å². The Balaban J connectivity index is 1.81. The first-order valence-electron chi connectivity index (χ1n) is 7.73. The maximum atomic E-state index is 13.4. The van der Waals surface area contributed by atoms with Crippen molar-refractivity contribution in [2.45, 2.75) is 57.6 Å². The first-order valence-corrected chi connectivity index (χ1v) is 7.73. The van der Waals surface area contributed by atoms with E-state index in [0.29, 0.717) is 5.75 Å². The van der Waals surface area contributed by atoms with Crippen LogP contribution in [0.5, 0.6) is 5.75 Å². The molecule has 110 valence electrons. The Morgan fingerprint density at radius 2 is 2.00 bits per heavy atom. The fraction of sp³-hybridized carbons (Fsp3) is 0.647. The first kappa shape index (κ1) is 13.9. The van der Waals surface area contributed by atoms with E-state index in [2.05, 4.69) is 13.8 Å². The minimum absolute atomic E-state index is 0.0325. The lowest BCUT2D eigenvalue weighted by Crippen LogP contribution is -2.46. The molecule has 3 heteroatoms. The van der Waals surface area contributed by atoms with E-state index in [1.54, 1.807) is 6.07 Å². The molecule has 1 aliphatic heterocycles. The third-order valence-corrected chi connectivity index (χ3v) is 5.18. The molecule has 0 saturated heterocycles. The number of hydrogen-bond acceptors (Lipinski definition) is 2. The number of fused-ring (bicyclic) bond motifs is 1. The van der Waals surface area contributed by atoms with Crippen LogP contribution in [0.25, 0.3) is 0 Å². The first-order chi connectivity index (χ1) is 9.49. The fourth-order valence-corrected chi connectivity index (χ4v) is 3.83. The van der Waals surface area contributed by atoms with E-state index in [-0.39, 0.29) is 17.5 Å². The van der Waals surface area contributed by atoms with E-state index in [1.807, 2.05) is 0 Å². The Bertz CT molecular complexity index is 492. The Hall–Kier alpha value is -1.09. The molecule has 0 radical (unpaired) electrons. The molecule has 1 spiro atoms. The Kier molecular flexibility index (Phi) is 3.49. The van der Waals surface area contributed by atoms with Gasteiger partial charge in [0.25, 0.3) is 0 Å². The van der Waals surface area contributed by atoms with Crippen LogP contribution in [-0.4, -0.2) is 5.60 Å². The molecule has 1 atom stereocenters. The van der Waals surface area contributed by atoms with E-state index in [9.17, 15) is 4.39 Å². The highest BCUT2D eigenvalue weighted by Gasteiger charge is 2.43. The largest absolute Gasteiger partial charge is 0.487 e. The van der Waals surface area contributed by atoms with Gasteiger partial charge in [-0.1, -0.05) is 19.9 Å². The van der Waals surface area contributed by atoms with Gasteiger partial charge in [-0.3, -0.25) is 0 Å². The lowest BCUT2D eigenvalue weighted by atomic mass is 9.71. The van der Waals surface area contributed by atoms with Crippen LogP contribution in [0.1, 0.15) is 57.6 Å². The zero-order valence-corrected chi connectivity index (χ0v) is 12.4. The van der Waals surface area contributed by atoms with Gasteiger partial charge in [0.1, 0.15) is 17.2 Å². The van der Waals surface area contributed by atoms with Gasteiger partial charge in [-0.25, -0.2) is 4.39 Å². The molecule has 2 N–H and O–H groups in total. The second kappa shape index (κ2) is 5.03.